The van der Waals surface area contributed by atoms with Crippen LogP contribution in [0.1, 0.15) is 44.5 Å². The number of para-hydroxylation sites is 4. The molecule has 0 N–H and O–H groups in total. The van der Waals surface area contributed by atoms with Crippen LogP contribution in [0.3, 0.4) is 0 Å². The molecule has 102 heavy (non-hydrogen) atoms. The van der Waals surface area contributed by atoms with Crippen LogP contribution in [0.15, 0.2) is 376 Å². The Morgan fingerprint density at radius 3 is 0.853 bits per heavy atom. The van der Waals surface area contributed by atoms with E-state index < -0.39 is 10.8 Å². The zero-order valence-electron chi connectivity index (χ0n) is 56.7. The Morgan fingerprint density at radius 2 is 0.480 bits per heavy atom. The highest BCUT2D eigenvalue weighted by Gasteiger charge is 2.48. The van der Waals surface area contributed by atoms with Gasteiger partial charge >= 0.3 is 0 Å². The maximum Gasteiger partial charge on any atom is 0.0742 e. The van der Waals surface area contributed by atoms with Crippen LogP contribution in [0.2, 0.25) is 0 Å². The first-order valence-electron chi connectivity index (χ1n) is 35.6. The van der Waals surface area contributed by atoms with E-state index in [1.54, 1.807) is 0 Å². The molecule has 0 saturated heterocycles. The van der Waals surface area contributed by atoms with Crippen LogP contribution in [0.25, 0.3) is 120 Å². The number of benzene rings is 18. The molecule has 0 saturated carbocycles. The van der Waals surface area contributed by atoms with Crippen molar-refractivity contribution in [2.45, 2.75) is 10.8 Å². The first-order chi connectivity index (χ1) is 50.5. The number of hydrogen-bond donors (Lipinski definition) is 0. The average molecular weight is 1300 g/mol. The van der Waals surface area contributed by atoms with E-state index in [1.807, 2.05) is 0 Å². The van der Waals surface area contributed by atoms with E-state index in [1.165, 1.54) is 165 Å². The quantitative estimate of drug-likeness (QED) is 0.133. The van der Waals surface area contributed by atoms with E-state index in [9.17, 15) is 0 Å². The molecule has 2 heterocycles. The summed E-state index contributed by atoms with van der Waals surface area (Å²) >= 11 is 0. The summed E-state index contributed by atoms with van der Waals surface area (Å²) in [5.74, 6) is 0. The lowest BCUT2D eigenvalue weighted by Gasteiger charge is -2.46. The Labute approximate surface area is 594 Å². The third-order valence-electron chi connectivity index (χ3n) is 22.7. The molecule has 2 aliphatic rings. The summed E-state index contributed by atoms with van der Waals surface area (Å²) in [5.41, 5.74) is 25.1. The third kappa shape index (κ3) is 8.66. The summed E-state index contributed by atoms with van der Waals surface area (Å²) in [6.07, 6.45) is 0. The summed E-state index contributed by atoms with van der Waals surface area (Å²) in [5, 5.41) is 14.4. The van der Waals surface area contributed by atoms with Gasteiger partial charge in [-0.1, -0.05) is 340 Å². The van der Waals surface area contributed by atoms with Crippen molar-refractivity contribution in [2.75, 3.05) is 23.9 Å². The highest BCUT2D eigenvalue weighted by molar-refractivity contribution is 6.29. The normalized spacial score (nSPS) is 13.5. The highest BCUT2D eigenvalue weighted by atomic mass is 15.1. The number of anilines is 4. The zero-order chi connectivity index (χ0) is 67.6. The second kappa shape index (κ2) is 23.4. The Bertz CT molecular complexity index is 5950. The molecule has 0 radical (unpaired) electrons. The monoisotopic (exact) mass is 1300 g/mol. The summed E-state index contributed by atoms with van der Waals surface area (Å²) in [7, 11) is 4.57. The van der Waals surface area contributed by atoms with Crippen LogP contribution in [-0.2, 0) is 10.8 Å². The van der Waals surface area contributed by atoms with Crippen molar-refractivity contribution in [1.29, 1.82) is 0 Å². The van der Waals surface area contributed by atoms with Crippen molar-refractivity contribution in [1.82, 2.24) is 0 Å². The molecule has 2 aliphatic heterocycles. The molecule has 18 aromatic carbocycles. The molecule has 0 aromatic heterocycles. The van der Waals surface area contributed by atoms with Gasteiger partial charge in [0.05, 0.1) is 22.2 Å². The highest BCUT2D eigenvalue weighted by Crippen LogP contribution is 2.61. The SMILES string of the molecule is CN1c2ccccc2C(c2ccccc2)(c2ccccc2)c2cccc(-c3cccc4c(-c5c6cccc(-c7ccc8ccccc8c7)c6cc6c(-c7ccc8ccccc8c7)cccc56)c5cccc(-c6cccc7c6N(C)c6ccccc6C7(c6ccccc6)c6ccccc6)c5cc34)c21. The minimum Gasteiger partial charge on any atom is -0.344 e. The molecule has 0 atom stereocenters. The molecule has 0 bridgehead atoms. The van der Waals surface area contributed by atoms with Gasteiger partial charge < -0.3 is 9.80 Å². The number of fused-ring (bicyclic) bond motifs is 10. The molecule has 0 fully saturated rings. The van der Waals surface area contributed by atoms with Crippen molar-refractivity contribution in [3.8, 4) is 55.6 Å². The topological polar surface area (TPSA) is 6.48 Å². The molecule has 0 aliphatic carbocycles. The third-order valence-corrected chi connectivity index (χ3v) is 22.7. The molecule has 0 unspecified atom stereocenters. The molecule has 0 spiro atoms. The van der Waals surface area contributed by atoms with Crippen LogP contribution < -0.4 is 9.80 Å². The van der Waals surface area contributed by atoms with E-state index in [2.05, 4.69) is 400 Å². The Kier molecular flexibility index (Phi) is 13.6. The van der Waals surface area contributed by atoms with Crippen LogP contribution in [-0.4, -0.2) is 14.1 Å². The fourth-order valence-electron chi connectivity index (χ4n) is 18.4. The van der Waals surface area contributed by atoms with E-state index in [0.717, 1.165) is 22.3 Å². The van der Waals surface area contributed by atoms with Crippen molar-refractivity contribution in [3.63, 3.8) is 0 Å². The van der Waals surface area contributed by atoms with Gasteiger partial charge in [-0.15, -0.1) is 0 Å². The minimum atomic E-state index is -0.661. The lowest BCUT2D eigenvalue weighted by atomic mass is 9.62. The molecular weight excluding hydrogens is 1230 g/mol. The molecule has 2 heteroatoms. The fourth-order valence-corrected chi connectivity index (χ4v) is 18.4. The summed E-state index contributed by atoms with van der Waals surface area (Å²) in [6.45, 7) is 0. The first kappa shape index (κ1) is 59.2. The van der Waals surface area contributed by atoms with Crippen molar-refractivity contribution < 1.29 is 0 Å². The number of hydrogen-bond acceptors (Lipinski definition) is 2. The van der Waals surface area contributed by atoms with Crippen LogP contribution >= 0.6 is 0 Å². The van der Waals surface area contributed by atoms with Crippen molar-refractivity contribution in [3.05, 3.63) is 421 Å². The summed E-state index contributed by atoms with van der Waals surface area (Å²) in [6, 6.07) is 142. The van der Waals surface area contributed by atoms with Gasteiger partial charge in [0.15, 0.2) is 0 Å². The largest absolute Gasteiger partial charge is 0.344 e. The van der Waals surface area contributed by atoms with Crippen LogP contribution in [0.5, 0.6) is 0 Å². The van der Waals surface area contributed by atoms with Crippen LogP contribution in [0.4, 0.5) is 22.7 Å². The maximum absolute atomic E-state index is 2.57. The van der Waals surface area contributed by atoms with Crippen LogP contribution in [0, 0.1) is 0 Å². The predicted octanol–water partition coefficient (Wildman–Crippen LogP) is 25.9. The number of nitrogens with zero attached hydrogens (tertiary/aromatic N) is 2. The van der Waals surface area contributed by atoms with E-state index in [-0.39, 0.29) is 0 Å². The van der Waals surface area contributed by atoms with Gasteiger partial charge in [-0.25, -0.2) is 0 Å². The standard InChI is InChI=1S/C100H68N2/c1-101-93-55-21-19-51-89(93)99(71-33-7-3-8-34-71,72-35-9-4-10-36-72)91-53-27-49-83(97(91)101)77-43-25-47-81-87(77)64-88-78(84-50-28-54-92-98(84)102(2)94-56-22-20-52-90(94)100(92,73-37-11-5-12-38-73)74-39-13-6-14-40-74)44-26-48-82(88)96(81)95-79-45-23-41-75(69-59-57-65-29-15-17-31-67(65)61-69)85(79)63-86-76(42-24-46-80(86)95)70-60-58-66-30-16-18-32-68(66)62-70/h3-64H,1-2H3. The Hall–Kier alpha value is -12.9. The molecular formula is C100H68N2. The summed E-state index contributed by atoms with van der Waals surface area (Å²) < 4.78 is 0. The zero-order valence-corrected chi connectivity index (χ0v) is 56.7. The molecule has 20 rings (SSSR count). The van der Waals surface area contributed by atoms with E-state index >= 15 is 0 Å². The first-order valence-corrected chi connectivity index (χ1v) is 35.6. The summed E-state index contributed by atoms with van der Waals surface area (Å²) in [4.78, 5) is 4.96. The van der Waals surface area contributed by atoms with Gasteiger partial charge in [-0.2, -0.15) is 0 Å². The lowest BCUT2D eigenvalue weighted by Crippen LogP contribution is -2.38. The van der Waals surface area contributed by atoms with Gasteiger partial charge in [0.25, 0.3) is 0 Å². The lowest BCUT2D eigenvalue weighted by molar-refractivity contribution is 0.728. The van der Waals surface area contributed by atoms with Gasteiger partial charge in [0.1, 0.15) is 0 Å². The van der Waals surface area contributed by atoms with E-state index in [4.69, 9.17) is 0 Å². The van der Waals surface area contributed by atoms with Gasteiger partial charge in [0.2, 0.25) is 0 Å². The Balaban J connectivity index is 0.944. The maximum atomic E-state index is 2.57. The van der Waals surface area contributed by atoms with Gasteiger partial charge in [-0.3, -0.25) is 0 Å². The molecule has 0 amide bonds. The van der Waals surface area contributed by atoms with Crippen molar-refractivity contribution >= 4 is 87.4 Å². The fraction of sp³-hybridized carbons (Fsp3) is 0.0400. The molecule has 2 nitrogen and oxygen atoms in total. The second-order valence-electron chi connectivity index (χ2n) is 27.7. The molecule has 478 valence electrons. The predicted molar refractivity (Wildman–Crippen MR) is 431 cm³/mol. The molecule has 18 aromatic rings. The van der Waals surface area contributed by atoms with E-state index in [0.29, 0.717) is 0 Å². The minimum absolute atomic E-state index is 0.661. The number of rotatable bonds is 9. The smallest absolute Gasteiger partial charge is 0.0742 e. The van der Waals surface area contributed by atoms with Gasteiger partial charge in [-0.05, 0) is 190 Å². The van der Waals surface area contributed by atoms with Crippen molar-refractivity contribution in [2.24, 2.45) is 0 Å². The average Bonchev–Trinajstić information content (AvgIpc) is 0.699. The van der Waals surface area contributed by atoms with Gasteiger partial charge in [0, 0.05) is 36.6 Å². The Morgan fingerprint density at radius 1 is 0.196 bits per heavy atom. The second-order valence-corrected chi connectivity index (χ2v) is 27.7.